The van der Waals surface area contributed by atoms with E-state index in [9.17, 15) is 39.0 Å². The fourth-order valence-electron chi connectivity index (χ4n) is 8.22. The summed E-state index contributed by atoms with van der Waals surface area (Å²) in [5, 5.41) is 21.3. The number of aliphatic hydroxyl groups excluding tert-OH is 2. The van der Waals surface area contributed by atoms with Crippen LogP contribution in [0.4, 0.5) is 0 Å². The summed E-state index contributed by atoms with van der Waals surface area (Å²) in [4.78, 5) is 76.3. The predicted molar refractivity (Wildman–Crippen MR) is 195 cm³/mol. The minimum absolute atomic E-state index is 0.0756. The van der Waals surface area contributed by atoms with Crippen molar-refractivity contribution in [2.75, 3.05) is 0 Å². The quantitative estimate of drug-likeness (QED) is 0.108. The first-order valence-electron chi connectivity index (χ1n) is 19.4. The first kappa shape index (κ1) is 40.1. The molecule has 3 aliphatic carbocycles. The Labute approximate surface area is 333 Å². The van der Waals surface area contributed by atoms with E-state index < -0.39 is 70.9 Å². The van der Waals surface area contributed by atoms with Crippen LogP contribution in [0, 0.1) is 11.8 Å². The average molecular weight is 805 g/mol. The molecule has 0 aromatic rings. The van der Waals surface area contributed by atoms with E-state index in [-0.39, 0.29) is 59.8 Å². The molecular weight excluding hydrogens is 760 g/mol. The Morgan fingerprint density at radius 1 is 0.448 bits per heavy atom. The number of carbonyl (C=O) groups is 6. The first-order valence-corrected chi connectivity index (χ1v) is 19.4. The zero-order chi connectivity index (χ0) is 41.3. The topological polar surface area (TPSA) is 217 Å². The third kappa shape index (κ3) is 8.31. The molecule has 5 fully saturated rings. The molecule has 2 N–H and O–H groups in total. The van der Waals surface area contributed by atoms with Crippen LogP contribution in [0.1, 0.15) is 90.9 Å². The van der Waals surface area contributed by atoms with Gasteiger partial charge in [-0.3, -0.25) is 0 Å². The van der Waals surface area contributed by atoms with Gasteiger partial charge >= 0.3 is 35.8 Å². The third-order valence-electron chi connectivity index (χ3n) is 11.1. The molecule has 0 aromatic carbocycles. The Hall–Kier alpha value is -6.06. The summed E-state index contributed by atoms with van der Waals surface area (Å²) in [6, 6.07) is 0. The molecule has 0 amide bonds. The molecule has 2 atom stereocenters. The third-order valence-corrected chi connectivity index (χ3v) is 11.1. The second-order valence-corrected chi connectivity index (χ2v) is 15.7. The van der Waals surface area contributed by atoms with E-state index in [0.717, 1.165) is 25.7 Å². The van der Waals surface area contributed by atoms with Gasteiger partial charge in [0.2, 0.25) is 0 Å². The molecule has 2 saturated heterocycles. The summed E-state index contributed by atoms with van der Waals surface area (Å²) in [7, 11) is 0. The smallest absolute Gasteiger partial charge is 0.348 e. The van der Waals surface area contributed by atoms with Gasteiger partial charge in [0.15, 0.2) is 0 Å². The molecule has 4 aliphatic heterocycles. The van der Waals surface area contributed by atoms with Crippen molar-refractivity contribution in [2.45, 2.75) is 114 Å². The van der Waals surface area contributed by atoms with Crippen LogP contribution in [0.25, 0.3) is 0 Å². The van der Waals surface area contributed by atoms with Crippen molar-refractivity contribution < 1.29 is 76.9 Å². The molecule has 0 aromatic heterocycles. The minimum Gasteiger partial charge on any atom is -0.480 e. The lowest BCUT2D eigenvalue weighted by Gasteiger charge is -2.46. The van der Waals surface area contributed by atoms with Crippen molar-refractivity contribution in [3.05, 3.63) is 94.9 Å². The zero-order valence-corrected chi connectivity index (χ0v) is 32.0. The van der Waals surface area contributed by atoms with Crippen LogP contribution >= 0.6 is 0 Å². The number of hydrogen-bond donors (Lipinski definition) is 2. The first-order chi connectivity index (χ1) is 27.6. The van der Waals surface area contributed by atoms with Gasteiger partial charge in [-0.25, -0.2) is 28.8 Å². The highest BCUT2D eigenvalue weighted by molar-refractivity contribution is 6.16. The molecule has 2 unspecified atom stereocenters. The maximum atomic E-state index is 12.9. The van der Waals surface area contributed by atoms with E-state index in [4.69, 9.17) is 37.9 Å². The van der Waals surface area contributed by atoms with Crippen molar-refractivity contribution in [3.63, 3.8) is 0 Å². The molecule has 4 heterocycles. The monoisotopic (exact) mass is 804 g/mol. The van der Waals surface area contributed by atoms with Crippen molar-refractivity contribution >= 4 is 35.8 Å². The van der Waals surface area contributed by atoms with Gasteiger partial charge in [0.05, 0.1) is 0 Å². The second-order valence-electron chi connectivity index (χ2n) is 15.7. The van der Waals surface area contributed by atoms with Crippen molar-refractivity contribution in [1.82, 2.24) is 0 Å². The summed E-state index contributed by atoms with van der Waals surface area (Å²) in [6.45, 7) is 4.01. The molecule has 0 radical (unpaired) electrons. The Morgan fingerprint density at radius 3 is 1.12 bits per heavy atom. The van der Waals surface area contributed by atoms with E-state index in [2.05, 4.69) is 0 Å². The highest BCUT2D eigenvalue weighted by Gasteiger charge is 2.55. The van der Waals surface area contributed by atoms with E-state index in [0.29, 0.717) is 25.7 Å². The van der Waals surface area contributed by atoms with Gasteiger partial charge in [-0.15, -0.1) is 0 Å². The largest absolute Gasteiger partial charge is 0.480 e. The Morgan fingerprint density at radius 2 is 0.793 bits per heavy atom. The van der Waals surface area contributed by atoms with Crippen molar-refractivity contribution in [3.8, 4) is 0 Å². The fraction of sp³-hybridized carbons (Fsp3) is 0.476. The van der Waals surface area contributed by atoms with Gasteiger partial charge in [-0.1, -0.05) is 63.1 Å². The van der Waals surface area contributed by atoms with Crippen LogP contribution < -0.4 is 0 Å². The average Bonchev–Trinajstić information content (AvgIpc) is 3.13. The number of hydrogen-bond acceptors (Lipinski definition) is 16. The van der Waals surface area contributed by atoms with Crippen molar-refractivity contribution in [1.29, 1.82) is 0 Å². The summed E-state index contributed by atoms with van der Waals surface area (Å²) in [6.07, 6.45) is 18.2. The van der Waals surface area contributed by atoms with Gasteiger partial charge in [0.25, 0.3) is 35.0 Å². The number of rotatable bonds is 6. The summed E-state index contributed by atoms with van der Waals surface area (Å²) < 4.78 is 44.5. The number of carbonyl (C=O) groups excluding carboxylic acids is 6. The van der Waals surface area contributed by atoms with Crippen LogP contribution in [-0.2, 0) is 66.7 Å². The van der Waals surface area contributed by atoms with Gasteiger partial charge in [0.1, 0.15) is 22.3 Å². The SMILES string of the molecule is CC1CCCC2(C1)OC(=O)C(=C/C=C/C=C/C1=C(O)OC3(CCC4(CC3)OC(=O)C(/C=C/C=C/C=C3C(=O)OC5(CCCC(C)C5)OC3=O)=C(O)O4)OC1=O)C(=O)O2. The Kier molecular flexibility index (Phi) is 10.9. The van der Waals surface area contributed by atoms with Crippen LogP contribution in [0.5, 0.6) is 0 Å². The number of ether oxygens (including phenoxy) is 8. The van der Waals surface area contributed by atoms with Gasteiger partial charge in [-0.2, -0.15) is 0 Å². The van der Waals surface area contributed by atoms with Crippen LogP contribution in [0.2, 0.25) is 0 Å². The summed E-state index contributed by atoms with van der Waals surface area (Å²) >= 11 is 0. The van der Waals surface area contributed by atoms with Gasteiger partial charge in [0, 0.05) is 51.4 Å². The molecule has 4 spiro atoms. The lowest BCUT2D eigenvalue weighted by molar-refractivity contribution is -0.302. The molecule has 16 heteroatoms. The molecule has 3 saturated carbocycles. The lowest BCUT2D eigenvalue weighted by Crippen LogP contribution is -2.53. The van der Waals surface area contributed by atoms with Gasteiger partial charge < -0.3 is 48.1 Å². The molecule has 58 heavy (non-hydrogen) atoms. The van der Waals surface area contributed by atoms with E-state index in [1.165, 1.54) is 60.8 Å². The predicted octanol–water partition coefficient (Wildman–Crippen LogP) is 5.73. The number of aliphatic hydroxyl groups is 2. The van der Waals surface area contributed by atoms with Crippen LogP contribution in [-0.4, -0.2) is 69.2 Å². The van der Waals surface area contributed by atoms with E-state index >= 15 is 0 Å². The molecule has 0 bridgehead atoms. The van der Waals surface area contributed by atoms with E-state index in [1.807, 2.05) is 13.8 Å². The molecule has 16 nitrogen and oxygen atoms in total. The molecule has 7 aliphatic rings. The highest BCUT2D eigenvalue weighted by atomic mass is 16.8. The van der Waals surface area contributed by atoms with Gasteiger partial charge in [-0.05, 0) is 49.0 Å². The lowest BCUT2D eigenvalue weighted by atomic mass is 9.85. The summed E-state index contributed by atoms with van der Waals surface area (Å²) in [5.41, 5.74) is -1.14. The Balaban J connectivity index is 0.910. The molecule has 308 valence electrons. The van der Waals surface area contributed by atoms with Crippen LogP contribution in [0.3, 0.4) is 0 Å². The Bertz CT molecular complexity index is 1850. The number of esters is 6. The second kappa shape index (κ2) is 15.7. The zero-order valence-electron chi connectivity index (χ0n) is 32.0. The maximum Gasteiger partial charge on any atom is 0.348 e. The molecule has 7 rings (SSSR count). The minimum atomic E-state index is -1.60. The fourth-order valence-corrected chi connectivity index (χ4v) is 8.22. The normalized spacial score (nSPS) is 34.4. The van der Waals surface area contributed by atoms with Crippen molar-refractivity contribution in [2.24, 2.45) is 11.8 Å². The highest BCUT2D eigenvalue weighted by Crippen LogP contribution is 2.47. The maximum absolute atomic E-state index is 12.9. The standard InChI is InChI=1S/C42H44O16/c1-25-11-9-17-41(23-25)55-35(47)29(36(48)56-41)15-7-3-5-13-27-31(43)51-39(52-32(27)44)19-21-40(22-20-39)53-33(45)28(34(46)54-40)14-6-4-8-16-30-37(49)57-42(58-38(30)50)18-10-12-26(2)24-42/h3-8,13-16,25-26,43,45H,9-12,17-24H2,1-2H3/b7-3+,8-4+,13-5+,14-6+,29-15?,30-16?. The molecular formula is C42H44O16. The number of allylic oxidation sites excluding steroid dienone is 8. The van der Waals surface area contributed by atoms with Crippen LogP contribution in [0.15, 0.2) is 94.9 Å². The summed E-state index contributed by atoms with van der Waals surface area (Å²) in [5.74, 6) is -11.5. The van der Waals surface area contributed by atoms with E-state index in [1.54, 1.807) is 0 Å².